The highest BCUT2D eigenvalue weighted by molar-refractivity contribution is 6.02. The minimum absolute atomic E-state index is 0.0112. The van der Waals surface area contributed by atoms with E-state index in [0.717, 1.165) is 17.2 Å². The Bertz CT molecular complexity index is 491. The number of carbonyl (C=O) groups is 1. The summed E-state index contributed by atoms with van der Waals surface area (Å²) in [5.74, 6) is 1.03. The van der Waals surface area contributed by atoms with Crippen LogP contribution in [-0.4, -0.2) is 19.9 Å². The molecule has 0 atom stereocenters. The molecule has 0 amide bonds. The van der Waals surface area contributed by atoms with Crippen LogP contribution in [0.25, 0.3) is 6.08 Å². The Morgan fingerprint density at radius 1 is 0.950 bits per heavy atom. The van der Waals surface area contributed by atoms with Crippen molar-refractivity contribution >= 4 is 17.5 Å². The summed E-state index contributed by atoms with van der Waals surface area (Å²) in [6.45, 7) is 0. The van der Waals surface area contributed by atoms with E-state index in [4.69, 9.17) is 0 Å². The van der Waals surface area contributed by atoms with Gasteiger partial charge >= 0.3 is 0 Å². The van der Waals surface area contributed by atoms with Crippen molar-refractivity contribution in [3.8, 4) is 0 Å². The molecule has 1 aromatic carbocycles. The molecule has 0 aromatic heterocycles. The van der Waals surface area contributed by atoms with Gasteiger partial charge in [0, 0.05) is 25.7 Å². The van der Waals surface area contributed by atoms with E-state index in [1.165, 1.54) is 0 Å². The molecule has 0 heterocycles. The second-order valence-corrected chi connectivity index (χ2v) is 4.77. The fraction of sp³-hybridized carbons (Fsp3) is 0.111. The average molecular weight is 264 g/mol. The van der Waals surface area contributed by atoms with Crippen molar-refractivity contribution in [2.45, 2.75) is 0 Å². The molecule has 0 spiro atoms. The average Bonchev–Trinajstić information content (AvgIpc) is 2.96. The van der Waals surface area contributed by atoms with Gasteiger partial charge in [0.15, 0.2) is 5.78 Å². The van der Waals surface area contributed by atoms with E-state index in [1.807, 2.05) is 81.1 Å². The van der Waals surface area contributed by atoms with E-state index < -0.39 is 0 Å². The van der Waals surface area contributed by atoms with Gasteiger partial charge in [0.1, 0.15) is 0 Å². The van der Waals surface area contributed by atoms with E-state index >= 15 is 0 Å². The van der Waals surface area contributed by atoms with Crippen LogP contribution in [0.2, 0.25) is 0 Å². The normalized spacial score (nSPS) is 16.3. The van der Waals surface area contributed by atoms with Crippen LogP contribution in [0.3, 0.4) is 0 Å². The molecule has 1 aliphatic rings. The van der Waals surface area contributed by atoms with Gasteiger partial charge in [-0.2, -0.15) is 0 Å². The lowest BCUT2D eigenvalue weighted by atomic mass is 10.1. The quantitative estimate of drug-likeness (QED) is 0.761. The van der Waals surface area contributed by atoms with Gasteiger partial charge in [0.05, 0.1) is 0 Å². The van der Waals surface area contributed by atoms with E-state index in [0.29, 0.717) is 0 Å². The molecule has 2 nitrogen and oxygen atoms in total. The molecule has 0 bridgehead atoms. The summed E-state index contributed by atoms with van der Waals surface area (Å²) >= 11 is 0. The van der Waals surface area contributed by atoms with Gasteiger partial charge in [-0.15, -0.1) is 0 Å². The predicted octanol–water partition coefficient (Wildman–Crippen LogP) is 3.30. The Balaban J connectivity index is 1.89. The zero-order valence-electron chi connectivity index (χ0n) is 11.8. The molecule has 2 rings (SSSR count). The number of hydrogen-bond acceptors (Lipinski definition) is 2. The minimum Gasteiger partial charge on any atom is -0.378 e. The van der Waals surface area contributed by atoms with E-state index in [1.54, 1.807) is 12.2 Å². The van der Waals surface area contributed by atoms with Crippen molar-refractivity contribution in [1.82, 2.24) is 0 Å². The van der Waals surface area contributed by atoms with Crippen LogP contribution in [0.15, 0.2) is 42.5 Å². The van der Waals surface area contributed by atoms with E-state index in [-0.39, 0.29) is 5.78 Å². The van der Waals surface area contributed by atoms with Crippen molar-refractivity contribution < 1.29 is 4.79 Å². The third-order valence-electron chi connectivity index (χ3n) is 2.98. The fourth-order valence-electron chi connectivity index (χ4n) is 1.80. The van der Waals surface area contributed by atoms with E-state index in [2.05, 4.69) is 0 Å². The Morgan fingerprint density at radius 3 is 2.15 bits per heavy atom. The van der Waals surface area contributed by atoms with Crippen LogP contribution >= 0.6 is 0 Å². The monoisotopic (exact) mass is 264 g/mol. The van der Waals surface area contributed by atoms with Crippen LogP contribution in [0.4, 0.5) is 5.69 Å². The SMILES string of the molecule is CN(C)c1ccc(/C=C/C(=O)/C=C/[C]2[CH][CH][CH][CH]2)cc1. The second-order valence-electron chi connectivity index (χ2n) is 4.77. The van der Waals surface area contributed by atoms with Gasteiger partial charge in [-0.3, -0.25) is 4.79 Å². The molecule has 1 saturated carbocycles. The molecule has 1 fully saturated rings. The first-order valence-electron chi connectivity index (χ1n) is 6.54. The van der Waals surface area contributed by atoms with Gasteiger partial charge < -0.3 is 4.90 Å². The lowest BCUT2D eigenvalue weighted by molar-refractivity contribution is -0.110. The highest BCUT2D eigenvalue weighted by Gasteiger charge is 2.13. The summed E-state index contributed by atoms with van der Waals surface area (Å²) in [5, 5.41) is 0. The van der Waals surface area contributed by atoms with Crippen molar-refractivity contribution in [2.24, 2.45) is 0 Å². The topological polar surface area (TPSA) is 20.3 Å². The molecule has 20 heavy (non-hydrogen) atoms. The largest absolute Gasteiger partial charge is 0.378 e. The molecule has 0 saturated heterocycles. The zero-order valence-corrected chi connectivity index (χ0v) is 11.8. The molecular weight excluding hydrogens is 246 g/mol. The molecule has 5 radical (unpaired) electrons. The van der Waals surface area contributed by atoms with Crippen LogP contribution in [-0.2, 0) is 4.79 Å². The summed E-state index contributed by atoms with van der Waals surface area (Å²) in [4.78, 5) is 13.7. The molecule has 1 aliphatic carbocycles. The Hall–Kier alpha value is -1.83. The Morgan fingerprint density at radius 2 is 1.55 bits per heavy atom. The Labute approximate surface area is 121 Å². The first-order chi connectivity index (χ1) is 9.65. The summed E-state index contributed by atoms with van der Waals surface area (Å²) in [5.41, 5.74) is 2.16. The third-order valence-corrected chi connectivity index (χ3v) is 2.98. The minimum atomic E-state index is -0.0112. The van der Waals surface area contributed by atoms with Gasteiger partial charge in [-0.25, -0.2) is 0 Å². The number of hydrogen-bond donors (Lipinski definition) is 0. The summed E-state index contributed by atoms with van der Waals surface area (Å²) in [6, 6.07) is 8.06. The van der Waals surface area contributed by atoms with Crippen LogP contribution < -0.4 is 4.90 Å². The first-order valence-corrected chi connectivity index (χ1v) is 6.54. The second kappa shape index (κ2) is 7.09. The lowest BCUT2D eigenvalue weighted by Gasteiger charge is -2.11. The summed E-state index contributed by atoms with van der Waals surface area (Å²) in [6.07, 6.45) is 14.7. The molecule has 1 aromatic rings. The van der Waals surface area contributed by atoms with Crippen molar-refractivity contribution in [3.05, 3.63) is 79.7 Å². The maximum atomic E-state index is 11.7. The molecule has 0 aliphatic heterocycles. The number of nitrogens with zero attached hydrogens (tertiary/aromatic N) is 1. The smallest absolute Gasteiger partial charge is 0.178 e. The van der Waals surface area contributed by atoms with Crippen LogP contribution in [0.1, 0.15) is 5.56 Å². The Kier molecular flexibility index (Phi) is 5.16. The number of anilines is 1. The maximum Gasteiger partial charge on any atom is 0.178 e. The molecule has 0 unspecified atom stereocenters. The van der Waals surface area contributed by atoms with E-state index in [9.17, 15) is 4.79 Å². The fourth-order valence-corrected chi connectivity index (χ4v) is 1.80. The van der Waals surface area contributed by atoms with Crippen LogP contribution in [0.5, 0.6) is 0 Å². The van der Waals surface area contributed by atoms with Crippen molar-refractivity contribution in [2.75, 3.05) is 19.0 Å². The number of ketones is 1. The van der Waals surface area contributed by atoms with Crippen molar-refractivity contribution in [1.29, 1.82) is 0 Å². The predicted molar refractivity (Wildman–Crippen MR) is 84.4 cm³/mol. The molecular formula is C18H18NO. The standard InChI is InChI=1S/C18H18NO/c1-19(2)17-11-7-16(8-12-17)10-14-18(20)13-9-15-5-3-4-6-15/h3-14H,1-2H3/b13-9+,14-10+. The number of allylic oxidation sites excluding steroid dienone is 3. The lowest BCUT2D eigenvalue weighted by Crippen LogP contribution is -2.07. The van der Waals surface area contributed by atoms with Gasteiger partial charge in [0.25, 0.3) is 0 Å². The third kappa shape index (κ3) is 4.37. The molecule has 0 N–H and O–H groups in total. The zero-order chi connectivity index (χ0) is 14.4. The van der Waals surface area contributed by atoms with Gasteiger partial charge in [-0.05, 0) is 55.5 Å². The highest BCUT2D eigenvalue weighted by atomic mass is 16.1. The van der Waals surface area contributed by atoms with Gasteiger partial charge in [-0.1, -0.05) is 24.3 Å². The molecule has 2 heteroatoms. The highest BCUT2D eigenvalue weighted by Crippen LogP contribution is 2.23. The van der Waals surface area contributed by atoms with Crippen LogP contribution in [0, 0.1) is 31.6 Å². The first kappa shape index (κ1) is 14.6. The number of benzene rings is 1. The van der Waals surface area contributed by atoms with Crippen molar-refractivity contribution in [3.63, 3.8) is 0 Å². The number of rotatable bonds is 5. The maximum absolute atomic E-state index is 11.7. The molecule has 101 valence electrons. The summed E-state index contributed by atoms with van der Waals surface area (Å²) < 4.78 is 0. The summed E-state index contributed by atoms with van der Waals surface area (Å²) in [7, 11) is 4.01. The van der Waals surface area contributed by atoms with Gasteiger partial charge in [0.2, 0.25) is 0 Å². The number of carbonyl (C=O) groups excluding carboxylic acids is 1.